The second kappa shape index (κ2) is 7.39. The van der Waals surface area contributed by atoms with Crippen LogP contribution >= 0.6 is 0 Å². The lowest BCUT2D eigenvalue weighted by Crippen LogP contribution is -2.39. The lowest BCUT2D eigenvalue weighted by Gasteiger charge is -2.34. The Hall–Kier alpha value is -2.83. The van der Waals surface area contributed by atoms with E-state index in [9.17, 15) is 8.42 Å². The first kappa shape index (κ1) is 20.1. The molecule has 4 aromatic rings. The zero-order chi connectivity index (χ0) is 21.8. The van der Waals surface area contributed by atoms with Crippen molar-refractivity contribution >= 4 is 37.4 Å². The van der Waals surface area contributed by atoms with Crippen LogP contribution in [-0.4, -0.2) is 38.3 Å². The standard InChI is InChI=1S/C25H27N3O2S/c1-4-22-25-20(17-9-5-6-12-21(17)26-25)15-16-28(22)31(29,30)24-14-8-10-18-19(24)11-7-13-23(18)27(2)3/h5-14,22,26H,4,15-16H2,1-3H3. The molecule has 1 aliphatic rings. The number of aromatic nitrogens is 1. The minimum absolute atomic E-state index is 0.201. The third kappa shape index (κ3) is 3.05. The van der Waals surface area contributed by atoms with Gasteiger partial charge in [-0.3, -0.25) is 0 Å². The summed E-state index contributed by atoms with van der Waals surface area (Å²) in [6.45, 7) is 2.54. The van der Waals surface area contributed by atoms with Gasteiger partial charge in [-0.05, 0) is 36.6 Å². The summed E-state index contributed by atoms with van der Waals surface area (Å²) in [6.07, 6.45) is 1.43. The van der Waals surface area contributed by atoms with Crippen molar-refractivity contribution in [3.8, 4) is 0 Å². The number of H-pyrrole nitrogens is 1. The molecule has 2 heterocycles. The van der Waals surface area contributed by atoms with Crippen molar-refractivity contribution in [2.45, 2.75) is 30.7 Å². The van der Waals surface area contributed by atoms with E-state index in [1.165, 1.54) is 10.9 Å². The zero-order valence-corrected chi connectivity index (χ0v) is 18.9. The molecule has 0 saturated heterocycles. The van der Waals surface area contributed by atoms with Crippen LogP contribution in [0.15, 0.2) is 65.6 Å². The molecule has 0 spiro atoms. The normalized spacial score (nSPS) is 17.2. The number of hydrogen-bond donors (Lipinski definition) is 1. The Morgan fingerprint density at radius 3 is 2.45 bits per heavy atom. The van der Waals surface area contributed by atoms with Gasteiger partial charge in [-0.25, -0.2) is 8.42 Å². The number of hydrogen-bond acceptors (Lipinski definition) is 3. The minimum atomic E-state index is -3.68. The Labute approximate surface area is 183 Å². The predicted molar refractivity (Wildman–Crippen MR) is 127 cm³/mol. The maximum absolute atomic E-state index is 14.0. The van der Waals surface area contributed by atoms with Crippen molar-refractivity contribution in [2.75, 3.05) is 25.5 Å². The minimum Gasteiger partial charge on any atom is -0.377 e. The van der Waals surface area contributed by atoms with Crippen molar-refractivity contribution in [3.05, 3.63) is 71.9 Å². The van der Waals surface area contributed by atoms with Crippen LogP contribution in [0.5, 0.6) is 0 Å². The van der Waals surface area contributed by atoms with Crippen molar-refractivity contribution in [1.82, 2.24) is 9.29 Å². The molecule has 5 rings (SSSR count). The molecular weight excluding hydrogens is 406 g/mol. The number of benzene rings is 3. The summed E-state index contributed by atoms with van der Waals surface area (Å²) >= 11 is 0. The molecule has 1 aliphatic heterocycles. The van der Waals surface area contributed by atoms with Crippen molar-refractivity contribution in [1.29, 1.82) is 0 Å². The first-order valence-corrected chi connectivity index (χ1v) is 12.2. The maximum atomic E-state index is 14.0. The molecule has 1 atom stereocenters. The Kier molecular flexibility index (Phi) is 4.79. The number of nitrogens with one attached hydrogen (secondary N) is 1. The molecule has 1 aromatic heterocycles. The Morgan fingerprint density at radius 2 is 1.68 bits per heavy atom. The van der Waals surface area contributed by atoms with Crippen LogP contribution in [0.1, 0.15) is 30.6 Å². The van der Waals surface area contributed by atoms with Crippen LogP contribution in [-0.2, 0) is 16.4 Å². The highest BCUT2D eigenvalue weighted by molar-refractivity contribution is 7.89. The molecule has 1 unspecified atom stereocenters. The summed E-state index contributed by atoms with van der Waals surface area (Å²) in [6, 6.07) is 19.5. The van der Waals surface area contributed by atoms with E-state index >= 15 is 0 Å². The van der Waals surface area contributed by atoms with Gasteiger partial charge in [-0.2, -0.15) is 4.31 Å². The molecule has 0 aliphatic carbocycles. The van der Waals surface area contributed by atoms with E-state index in [2.05, 4.69) is 24.0 Å². The van der Waals surface area contributed by atoms with Gasteiger partial charge in [0.2, 0.25) is 10.0 Å². The van der Waals surface area contributed by atoms with E-state index in [-0.39, 0.29) is 6.04 Å². The summed E-state index contributed by atoms with van der Waals surface area (Å²) < 4.78 is 29.6. The molecule has 0 fully saturated rings. The molecule has 3 aromatic carbocycles. The number of fused-ring (bicyclic) bond motifs is 4. The van der Waals surface area contributed by atoms with Crippen molar-refractivity contribution in [3.63, 3.8) is 0 Å². The molecule has 0 saturated carbocycles. The SMILES string of the molecule is CCC1c2[nH]c3ccccc3c2CCN1S(=O)(=O)c1cccc2c(N(C)C)cccc12. The predicted octanol–water partition coefficient (Wildman–Crippen LogP) is 5.09. The number of nitrogens with zero attached hydrogens (tertiary/aromatic N) is 2. The average molecular weight is 434 g/mol. The van der Waals surface area contributed by atoms with E-state index in [0.29, 0.717) is 24.3 Å². The van der Waals surface area contributed by atoms with Gasteiger partial charge in [0.15, 0.2) is 0 Å². The number of aromatic amines is 1. The van der Waals surface area contributed by atoms with Crippen LogP contribution in [0.25, 0.3) is 21.7 Å². The van der Waals surface area contributed by atoms with Crippen LogP contribution < -0.4 is 4.90 Å². The number of anilines is 1. The number of sulfonamides is 1. The van der Waals surface area contributed by atoms with Gasteiger partial charge >= 0.3 is 0 Å². The van der Waals surface area contributed by atoms with Crippen molar-refractivity contribution < 1.29 is 8.42 Å². The number of rotatable bonds is 4. The summed E-state index contributed by atoms with van der Waals surface area (Å²) in [5.41, 5.74) is 4.37. The fourth-order valence-corrected chi connectivity index (χ4v) is 6.88. The summed E-state index contributed by atoms with van der Waals surface area (Å²) in [5.74, 6) is 0. The topological polar surface area (TPSA) is 56.4 Å². The van der Waals surface area contributed by atoms with E-state index < -0.39 is 10.0 Å². The third-order valence-electron chi connectivity index (χ3n) is 6.42. The second-order valence-corrected chi connectivity index (χ2v) is 10.2. The first-order chi connectivity index (χ1) is 14.9. The highest BCUT2D eigenvalue weighted by Crippen LogP contribution is 2.40. The first-order valence-electron chi connectivity index (χ1n) is 10.7. The maximum Gasteiger partial charge on any atom is 0.244 e. The fourth-order valence-electron chi connectivity index (χ4n) is 5.00. The van der Waals surface area contributed by atoms with E-state index in [4.69, 9.17) is 0 Å². The quantitative estimate of drug-likeness (QED) is 0.488. The molecule has 0 amide bonds. The Bertz CT molecular complexity index is 1390. The lowest BCUT2D eigenvalue weighted by atomic mass is 9.98. The largest absolute Gasteiger partial charge is 0.377 e. The second-order valence-electron chi connectivity index (χ2n) is 8.38. The summed E-state index contributed by atoms with van der Waals surface area (Å²) in [5, 5.41) is 2.92. The Morgan fingerprint density at radius 1 is 0.968 bits per heavy atom. The van der Waals surface area contributed by atoms with Gasteiger partial charge in [0.05, 0.1) is 10.9 Å². The molecule has 0 radical (unpaired) electrons. The van der Waals surface area contributed by atoms with E-state index in [0.717, 1.165) is 27.7 Å². The van der Waals surface area contributed by atoms with Gasteiger partial charge in [0.1, 0.15) is 0 Å². The summed E-state index contributed by atoms with van der Waals surface area (Å²) in [7, 11) is 0.277. The molecule has 31 heavy (non-hydrogen) atoms. The highest BCUT2D eigenvalue weighted by atomic mass is 32.2. The Balaban J connectivity index is 1.66. The molecule has 5 nitrogen and oxygen atoms in total. The summed E-state index contributed by atoms with van der Waals surface area (Å²) in [4.78, 5) is 5.92. The molecule has 6 heteroatoms. The third-order valence-corrected chi connectivity index (χ3v) is 8.39. The molecule has 1 N–H and O–H groups in total. The van der Waals surface area contributed by atoms with Gasteiger partial charge in [0.25, 0.3) is 0 Å². The van der Waals surface area contributed by atoms with Crippen LogP contribution in [0, 0.1) is 0 Å². The van der Waals surface area contributed by atoms with Gasteiger partial charge < -0.3 is 9.88 Å². The van der Waals surface area contributed by atoms with Gasteiger partial charge in [0, 0.05) is 53.7 Å². The van der Waals surface area contributed by atoms with Crippen LogP contribution in [0.3, 0.4) is 0 Å². The highest BCUT2D eigenvalue weighted by Gasteiger charge is 2.38. The molecular formula is C25H27N3O2S. The lowest BCUT2D eigenvalue weighted by molar-refractivity contribution is 0.297. The molecule has 160 valence electrons. The van der Waals surface area contributed by atoms with Crippen LogP contribution in [0.2, 0.25) is 0 Å². The van der Waals surface area contributed by atoms with E-state index in [1.807, 2.05) is 61.5 Å². The monoisotopic (exact) mass is 433 g/mol. The van der Waals surface area contributed by atoms with Crippen LogP contribution in [0.4, 0.5) is 5.69 Å². The van der Waals surface area contributed by atoms with Crippen molar-refractivity contribution in [2.24, 2.45) is 0 Å². The molecule has 0 bridgehead atoms. The van der Waals surface area contributed by atoms with E-state index in [1.54, 1.807) is 10.4 Å². The number of para-hydroxylation sites is 1. The fraction of sp³-hybridized carbons (Fsp3) is 0.280. The smallest absolute Gasteiger partial charge is 0.244 e. The zero-order valence-electron chi connectivity index (χ0n) is 18.1. The van der Waals surface area contributed by atoms with Gasteiger partial charge in [-0.15, -0.1) is 0 Å². The van der Waals surface area contributed by atoms with Gasteiger partial charge in [-0.1, -0.05) is 49.4 Å². The average Bonchev–Trinajstić information content (AvgIpc) is 3.16.